The molecule has 0 radical (unpaired) electrons. The Hall–Kier alpha value is -1.62. The number of halogens is 1. The highest BCUT2D eigenvalue weighted by atomic mass is 19.1. The molecule has 1 amide bonds. The number of rotatable bonds is 5. The van der Waals surface area contributed by atoms with Crippen molar-refractivity contribution in [3.63, 3.8) is 0 Å². The van der Waals surface area contributed by atoms with Crippen molar-refractivity contribution < 1.29 is 13.9 Å². The van der Waals surface area contributed by atoms with Crippen LogP contribution in [0.3, 0.4) is 0 Å². The Bertz CT molecular complexity index is 436. The monoisotopic (exact) mass is 280 g/mol. The van der Waals surface area contributed by atoms with E-state index in [1.165, 1.54) is 30.7 Å². The predicted octanol–water partition coefficient (Wildman–Crippen LogP) is 1.84. The number of nitrogens with two attached hydrogens (primary N) is 1. The summed E-state index contributed by atoms with van der Waals surface area (Å²) in [6, 6.07) is 5.77. The van der Waals surface area contributed by atoms with Crippen LogP contribution in [0.15, 0.2) is 24.3 Å². The molecule has 1 aliphatic carbocycles. The Morgan fingerprint density at radius 1 is 1.30 bits per heavy atom. The van der Waals surface area contributed by atoms with Crippen molar-refractivity contribution in [2.75, 3.05) is 13.2 Å². The average Bonchev–Trinajstić information content (AvgIpc) is 2.47. The molecule has 3 N–H and O–H groups in total. The van der Waals surface area contributed by atoms with E-state index >= 15 is 0 Å². The molecule has 0 heterocycles. The minimum atomic E-state index is -0.324. The lowest BCUT2D eigenvalue weighted by atomic mass is 9.84. The summed E-state index contributed by atoms with van der Waals surface area (Å²) >= 11 is 0. The quantitative estimate of drug-likeness (QED) is 0.865. The summed E-state index contributed by atoms with van der Waals surface area (Å²) in [4.78, 5) is 11.9. The van der Waals surface area contributed by atoms with Gasteiger partial charge in [0.1, 0.15) is 11.6 Å². The van der Waals surface area contributed by atoms with Gasteiger partial charge in [0.05, 0.1) is 0 Å². The third kappa shape index (κ3) is 4.20. The molecule has 2 unspecified atom stereocenters. The number of carbonyl (C=O) groups is 1. The summed E-state index contributed by atoms with van der Waals surface area (Å²) in [5.41, 5.74) is 5.73. The first-order valence-corrected chi connectivity index (χ1v) is 7.07. The second-order valence-corrected chi connectivity index (χ2v) is 5.20. The molecule has 1 fully saturated rings. The van der Waals surface area contributed by atoms with Gasteiger partial charge in [-0.05, 0) is 49.6 Å². The van der Waals surface area contributed by atoms with Crippen LogP contribution >= 0.6 is 0 Å². The van der Waals surface area contributed by atoms with Gasteiger partial charge in [0.25, 0.3) is 5.91 Å². The van der Waals surface area contributed by atoms with E-state index in [-0.39, 0.29) is 24.4 Å². The molecule has 20 heavy (non-hydrogen) atoms. The SMILES string of the molecule is NCC1CCCCC1NC(=O)COc1ccc(F)cc1. The van der Waals surface area contributed by atoms with E-state index < -0.39 is 0 Å². The first-order chi connectivity index (χ1) is 9.69. The average molecular weight is 280 g/mol. The van der Waals surface area contributed by atoms with Gasteiger partial charge >= 0.3 is 0 Å². The molecule has 1 aromatic rings. The van der Waals surface area contributed by atoms with Crippen LogP contribution < -0.4 is 15.8 Å². The molecule has 0 saturated heterocycles. The molecule has 0 bridgehead atoms. The Morgan fingerprint density at radius 2 is 2.00 bits per heavy atom. The molecule has 2 atom stereocenters. The van der Waals surface area contributed by atoms with Crippen molar-refractivity contribution in [3.8, 4) is 5.75 Å². The smallest absolute Gasteiger partial charge is 0.258 e. The number of ether oxygens (including phenoxy) is 1. The summed E-state index contributed by atoms with van der Waals surface area (Å²) in [7, 11) is 0. The maximum atomic E-state index is 12.7. The fourth-order valence-corrected chi connectivity index (χ4v) is 2.61. The zero-order valence-corrected chi connectivity index (χ0v) is 11.5. The topological polar surface area (TPSA) is 64.3 Å². The third-order valence-electron chi connectivity index (χ3n) is 3.74. The van der Waals surface area contributed by atoms with Gasteiger partial charge in [-0.25, -0.2) is 4.39 Å². The lowest BCUT2D eigenvalue weighted by Gasteiger charge is -2.31. The van der Waals surface area contributed by atoms with Crippen LogP contribution in [0.2, 0.25) is 0 Å². The lowest BCUT2D eigenvalue weighted by molar-refractivity contribution is -0.124. The Balaban J connectivity index is 1.78. The molecule has 2 rings (SSSR count). The van der Waals surface area contributed by atoms with Gasteiger partial charge in [-0.3, -0.25) is 4.79 Å². The van der Waals surface area contributed by atoms with E-state index in [2.05, 4.69) is 5.32 Å². The van der Waals surface area contributed by atoms with Crippen molar-refractivity contribution in [2.24, 2.45) is 11.7 Å². The first kappa shape index (κ1) is 14.8. The van der Waals surface area contributed by atoms with Crippen molar-refractivity contribution in [1.29, 1.82) is 0 Å². The van der Waals surface area contributed by atoms with E-state index in [0.29, 0.717) is 18.2 Å². The van der Waals surface area contributed by atoms with E-state index in [4.69, 9.17) is 10.5 Å². The molecule has 0 aliphatic heterocycles. The van der Waals surface area contributed by atoms with Crippen molar-refractivity contribution in [1.82, 2.24) is 5.32 Å². The summed E-state index contributed by atoms with van der Waals surface area (Å²) < 4.78 is 18.1. The summed E-state index contributed by atoms with van der Waals surface area (Å²) in [6.45, 7) is 0.545. The molecular weight excluding hydrogens is 259 g/mol. The van der Waals surface area contributed by atoms with Gasteiger partial charge in [0, 0.05) is 6.04 Å². The second-order valence-electron chi connectivity index (χ2n) is 5.20. The number of benzene rings is 1. The second kappa shape index (κ2) is 7.24. The molecule has 0 aromatic heterocycles. The number of amides is 1. The van der Waals surface area contributed by atoms with E-state index in [0.717, 1.165) is 19.3 Å². The Labute approximate surface area is 118 Å². The van der Waals surface area contributed by atoms with Gasteiger partial charge in [0.2, 0.25) is 0 Å². The Morgan fingerprint density at radius 3 is 2.70 bits per heavy atom. The van der Waals surface area contributed by atoms with Crippen molar-refractivity contribution in [3.05, 3.63) is 30.1 Å². The number of nitrogens with one attached hydrogen (secondary N) is 1. The third-order valence-corrected chi connectivity index (χ3v) is 3.74. The van der Waals surface area contributed by atoms with E-state index in [9.17, 15) is 9.18 Å². The molecule has 5 heteroatoms. The molecule has 110 valence electrons. The van der Waals surface area contributed by atoms with Gasteiger partial charge in [-0.1, -0.05) is 12.8 Å². The highest BCUT2D eigenvalue weighted by molar-refractivity contribution is 5.77. The van der Waals surface area contributed by atoms with Crippen LogP contribution in [0, 0.1) is 11.7 Å². The maximum absolute atomic E-state index is 12.7. The molecular formula is C15H21FN2O2. The van der Waals surface area contributed by atoms with Gasteiger partial charge in [-0.15, -0.1) is 0 Å². The normalized spacial score (nSPS) is 22.3. The lowest BCUT2D eigenvalue weighted by Crippen LogP contribution is -2.46. The fraction of sp³-hybridized carbons (Fsp3) is 0.533. The van der Waals surface area contributed by atoms with Crippen molar-refractivity contribution in [2.45, 2.75) is 31.7 Å². The van der Waals surface area contributed by atoms with Gasteiger partial charge < -0.3 is 15.8 Å². The molecule has 1 saturated carbocycles. The highest BCUT2D eigenvalue weighted by Crippen LogP contribution is 2.23. The zero-order chi connectivity index (χ0) is 14.4. The minimum Gasteiger partial charge on any atom is -0.484 e. The number of carbonyl (C=O) groups excluding carboxylic acids is 1. The number of hydrogen-bond acceptors (Lipinski definition) is 3. The molecule has 1 aromatic carbocycles. The van der Waals surface area contributed by atoms with Crippen LogP contribution in [0.5, 0.6) is 5.75 Å². The van der Waals surface area contributed by atoms with Crippen LogP contribution in [0.1, 0.15) is 25.7 Å². The summed E-state index contributed by atoms with van der Waals surface area (Å²) in [6.07, 6.45) is 4.35. The highest BCUT2D eigenvalue weighted by Gasteiger charge is 2.25. The fourth-order valence-electron chi connectivity index (χ4n) is 2.61. The summed E-state index contributed by atoms with van der Waals surface area (Å²) in [5.74, 6) is 0.369. The Kier molecular flexibility index (Phi) is 5.35. The largest absolute Gasteiger partial charge is 0.484 e. The molecule has 1 aliphatic rings. The van der Waals surface area contributed by atoms with E-state index in [1.54, 1.807) is 0 Å². The predicted molar refractivity (Wildman–Crippen MR) is 74.8 cm³/mol. The minimum absolute atomic E-state index is 0.0561. The molecule has 0 spiro atoms. The van der Waals surface area contributed by atoms with Crippen molar-refractivity contribution >= 4 is 5.91 Å². The van der Waals surface area contributed by atoms with Crippen LogP contribution in [0.25, 0.3) is 0 Å². The maximum Gasteiger partial charge on any atom is 0.258 e. The standard InChI is InChI=1S/C15H21FN2O2/c16-12-5-7-13(8-6-12)20-10-15(19)18-14-4-2-1-3-11(14)9-17/h5-8,11,14H,1-4,9-10,17H2,(H,18,19). The summed E-state index contributed by atoms with van der Waals surface area (Å²) in [5, 5.41) is 2.98. The number of hydrogen-bond donors (Lipinski definition) is 2. The van der Waals surface area contributed by atoms with Crippen LogP contribution in [0.4, 0.5) is 4.39 Å². The van der Waals surface area contributed by atoms with E-state index in [1.807, 2.05) is 0 Å². The van der Waals surface area contributed by atoms with Crippen LogP contribution in [-0.2, 0) is 4.79 Å². The zero-order valence-electron chi connectivity index (χ0n) is 11.5. The van der Waals surface area contributed by atoms with Crippen LogP contribution in [-0.4, -0.2) is 25.1 Å². The van der Waals surface area contributed by atoms with Gasteiger partial charge in [0.15, 0.2) is 6.61 Å². The molecule has 4 nitrogen and oxygen atoms in total. The first-order valence-electron chi connectivity index (χ1n) is 7.07. The van der Waals surface area contributed by atoms with Gasteiger partial charge in [-0.2, -0.15) is 0 Å².